The third-order valence-electron chi connectivity index (χ3n) is 9.91. The predicted molar refractivity (Wildman–Crippen MR) is 197 cm³/mol. The van der Waals surface area contributed by atoms with Crippen molar-refractivity contribution in [2.45, 2.75) is 104 Å². The molecule has 0 N–H and O–H groups in total. The Morgan fingerprint density at radius 3 is 1.32 bits per heavy atom. The van der Waals surface area contributed by atoms with Gasteiger partial charge in [-0.05, 0) is 106 Å². The molecule has 0 saturated heterocycles. The van der Waals surface area contributed by atoms with Gasteiger partial charge in [0.2, 0.25) is 0 Å². The zero-order chi connectivity index (χ0) is 35.8. The van der Waals surface area contributed by atoms with Crippen LogP contribution in [0.5, 0.6) is 0 Å². The summed E-state index contributed by atoms with van der Waals surface area (Å²) in [6.45, 7) is 11.9. The van der Waals surface area contributed by atoms with Crippen molar-refractivity contribution in [3.8, 4) is 0 Å². The average molecular weight is 697 g/mol. The van der Waals surface area contributed by atoms with Crippen LogP contribution in [0.3, 0.4) is 0 Å². The van der Waals surface area contributed by atoms with Gasteiger partial charge >= 0.3 is 11.9 Å². The first-order valence-corrected chi connectivity index (χ1v) is 19.2. The maximum atomic E-state index is 11.1. The fraction of sp³-hybridized carbons (Fsp3) is 0.667. The predicted octanol–water partition coefficient (Wildman–Crippen LogP) is 9.08. The van der Waals surface area contributed by atoms with E-state index in [1.165, 1.54) is 37.5 Å². The molecule has 6 atom stereocenters. The summed E-state index contributed by atoms with van der Waals surface area (Å²) in [4.78, 5) is 22.3. The lowest BCUT2D eigenvalue weighted by Gasteiger charge is -2.23. The number of hydrogen-bond acceptors (Lipinski definition) is 8. The van der Waals surface area contributed by atoms with Crippen molar-refractivity contribution in [3.63, 3.8) is 0 Å². The summed E-state index contributed by atoms with van der Waals surface area (Å²) < 4.78 is 32.3. The van der Waals surface area contributed by atoms with Crippen LogP contribution in [0.2, 0.25) is 0 Å². The Morgan fingerprint density at radius 2 is 0.960 bits per heavy atom. The summed E-state index contributed by atoms with van der Waals surface area (Å²) in [5.74, 6) is 4.21. The van der Waals surface area contributed by atoms with Crippen molar-refractivity contribution in [3.05, 3.63) is 71.8 Å². The lowest BCUT2D eigenvalue weighted by atomic mass is 9.82. The van der Waals surface area contributed by atoms with Crippen LogP contribution in [-0.2, 0) is 38.0 Å². The monoisotopic (exact) mass is 696 g/mol. The summed E-state index contributed by atoms with van der Waals surface area (Å²) in [6.07, 6.45) is 12.7. The van der Waals surface area contributed by atoms with Crippen molar-refractivity contribution in [1.82, 2.24) is 0 Å². The number of rotatable bonds is 20. The number of ether oxygens (including phenoxy) is 6. The summed E-state index contributed by atoms with van der Waals surface area (Å²) in [5.41, 5.74) is 1.91. The topological polar surface area (TPSA) is 89.5 Å². The second-order valence-corrected chi connectivity index (χ2v) is 13.6. The number of unbranched alkanes of at least 4 members (excludes halogenated alkanes) is 2. The first kappa shape index (κ1) is 41.6. The maximum Gasteiger partial charge on any atom is 0.303 e. The van der Waals surface area contributed by atoms with Crippen LogP contribution < -0.4 is 0 Å². The van der Waals surface area contributed by atoms with E-state index in [0.717, 1.165) is 63.2 Å². The molecule has 5 rings (SSSR count). The molecule has 2 bridgehead atoms. The van der Waals surface area contributed by atoms with Crippen molar-refractivity contribution < 1.29 is 38.0 Å². The largest absolute Gasteiger partial charge is 0.455 e. The van der Waals surface area contributed by atoms with Gasteiger partial charge in [-0.3, -0.25) is 9.59 Å². The number of esters is 2. The van der Waals surface area contributed by atoms with Gasteiger partial charge in [-0.15, -0.1) is 0 Å². The zero-order valence-electron chi connectivity index (χ0n) is 31.2. The molecule has 0 spiro atoms. The summed E-state index contributed by atoms with van der Waals surface area (Å²) in [7, 11) is 0. The van der Waals surface area contributed by atoms with Crippen LogP contribution >= 0.6 is 0 Å². The van der Waals surface area contributed by atoms with E-state index in [0.29, 0.717) is 26.4 Å². The molecule has 8 heteroatoms. The van der Waals surface area contributed by atoms with E-state index in [1.807, 2.05) is 74.5 Å². The molecule has 8 nitrogen and oxygen atoms in total. The normalized spacial score (nSPS) is 21.2. The highest BCUT2D eigenvalue weighted by atomic mass is 16.6. The van der Waals surface area contributed by atoms with Gasteiger partial charge in [0, 0.05) is 53.5 Å². The van der Waals surface area contributed by atoms with Crippen LogP contribution in [0.4, 0.5) is 0 Å². The Morgan fingerprint density at radius 1 is 0.580 bits per heavy atom. The Hall–Kier alpha value is -2.78. The summed E-state index contributed by atoms with van der Waals surface area (Å²) in [6, 6.07) is 19.3. The SMILES string of the molecule is C1CC2C3CCC(C3)C2C1.CCOCCCCOCC(OC(C)=O)c1ccccc1.CCOCCCCOCC(OC(C)=O)c1ccccc1. The van der Waals surface area contributed by atoms with Crippen LogP contribution in [0.15, 0.2) is 60.7 Å². The molecule has 3 aliphatic carbocycles. The van der Waals surface area contributed by atoms with E-state index in [9.17, 15) is 9.59 Å². The summed E-state index contributed by atoms with van der Waals surface area (Å²) in [5, 5.41) is 0. The molecule has 3 saturated carbocycles. The molecule has 3 fully saturated rings. The molecule has 0 aliphatic heterocycles. The minimum Gasteiger partial charge on any atom is -0.455 e. The van der Waals surface area contributed by atoms with Crippen molar-refractivity contribution in [1.29, 1.82) is 0 Å². The molecule has 3 aliphatic rings. The van der Waals surface area contributed by atoms with Crippen LogP contribution in [0.25, 0.3) is 0 Å². The Labute approximate surface area is 301 Å². The highest BCUT2D eigenvalue weighted by Gasteiger charge is 2.48. The van der Waals surface area contributed by atoms with Gasteiger partial charge < -0.3 is 28.4 Å². The average Bonchev–Trinajstić information content (AvgIpc) is 3.88. The standard InChI is InChI=1S/2C16H24O4.C10H16/c2*1-3-18-11-7-8-12-19-13-16(20-14(2)17)15-9-5-4-6-10-15;1-2-9-7-4-5-8(6-7)10(9)3-1/h2*4-6,9-10,16H,3,7-8,11-13H2,1-2H3;7-10H,1-6H2. The quantitative estimate of drug-likeness (QED) is 0.100. The number of carbonyl (C=O) groups excluding carboxylic acids is 2. The van der Waals surface area contributed by atoms with E-state index in [2.05, 4.69) is 0 Å². The highest BCUT2D eigenvalue weighted by Crippen LogP contribution is 2.58. The zero-order valence-corrected chi connectivity index (χ0v) is 31.2. The molecule has 0 amide bonds. The smallest absolute Gasteiger partial charge is 0.303 e. The first-order valence-electron chi connectivity index (χ1n) is 19.2. The summed E-state index contributed by atoms with van der Waals surface area (Å²) >= 11 is 0. The second-order valence-electron chi connectivity index (χ2n) is 13.6. The molecule has 0 aromatic heterocycles. The molecule has 50 heavy (non-hydrogen) atoms. The minimum absolute atomic E-state index is 0.293. The molecule has 0 radical (unpaired) electrons. The van der Waals surface area contributed by atoms with Crippen molar-refractivity contribution in [2.75, 3.05) is 52.9 Å². The molecule has 2 aromatic rings. The third kappa shape index (κ3) is 16.1. The van der Waals surface area contributed by atoms with E-state index in [-0.39, 0.29) is 24.1 Å². The van der Waals surface area contributed by atoms with Gasteiger partial charge in [-0.25, -0.2) is 0 Å². The van der Waals surface area contributed by atoms with E-state index in [4.69, 9.17) is 28.4 Å². The molecule has 280 valence electrons. The molecule has 6 unspecified atom stereocenters. The third-order valence-corrected chi connectivity index (χ3v) is 9.91. The van der Waals surface area contributed by atoms with Crippen molar-refractivity contribution in [2.24, 2.45) is 23.7 Å². The Kier molecular flexibility index (Phi) is 21.0. The van der Waals surface area contributed by atoms with Gasteiger partial charge in [0.25, 0.3) is 0 Å². The van der Waals surface area contributed by atoms with Gasteiger partial charge in [0.1, 0.15) is 0 Å². The van der Waals surface area contributed by atoms with E-state index >= 15 is 0 Å². The number of hydrogen-bond donors (Lipinski definition) is 0. The van der Waals surface area contributed by atoms with Gasteiger partial charge in [0.15, 0.2) is 12.2 Å². The fourth-order valence-corrected chi connectivity index (χ4v) is 7.64. The molecule has 0 heterocycles. The molecular weight excluding hydrogens is 632 g/mol. The fourth-order valence-electron chi connectivity index (χ4n) is 7.64. The maximum absolute atomic E-state index is 11.1. The molecular formula is C42H64O8. The number of carbonyl (C=O) groups is 2. The van der Waals surface area contributed by atoms with E-state index in [1.54, 1.807) is 38.5 Å². The van der Waals surface area contributed by atoms with Crippen LogP contribution in [0.1, 0.15) is 115 Å². The lowest BCUT2D eigenvalue weighted by molar-refractivity contribution is -0.150. The second kappa shape index (κ2) is 25.2. The van der Waals surface area contributed by atoms with Gasteiger partial charge in [0.05, 0.1) is 13.2 Å². The number of fused-ring (bicyclic) bond motifs is 5. The lowest BCUT2D eigenvalue weighted by Crippen LogP contribution is -2.15. The van der Waals surface area contributed by atoms with Crippen LogP contribution in [-0.4, -0.2) is 64.8 Å². The number of benzene rings is 2. The van der Waals surface area contributed by atoms with E-state index < -0.39 is 0 Å². The first-order chi connectivity index (χ1) is 24.4. The van der Waals surface area contributed by atoms with Crippen molar-refractivity contribution >= 4 is 11.9 Å². The Balaban J connectivity index is 0.000000212. The van der Waals surface area contributed by atoms with Crippen LogP contribution in [0, 0.1) is 23.7 Å². The Bertz CT molecular complexity index is 1070. The molecule has 2 aromatic carbocycles. The highest BCUT2D eigenvalue weighted by molar-refractivity contribution is 5.66. The van der Waals surface area contributed by atoms with Gasteiger partial charge in [-0.1, -0.05) is 67.1 Å². The van der Waals surface area contributed by atoms with Gasteiger partial charge in [-0.2, -0.15) is 0 Å². The minimum atomic E-state index is -0.333.